The topological polar surface area (TPSA) is 216 Å². The quantitative estimate of drug-likeness (QED) is 0.0448. The van der Waals surface area contributed by atoms with Gasteiger partial charge in [-0.1, -0.05) is 37.3 Å². The molecule has 4 heterocycles. The molecule has 0 radical (unpaired) electrons. The van der Waals surface area contributed by atoms with E-state index >= 15 is 4.39 Å². The number of nitrogens with zero attached hydrogens (tertiary/aromatic N) is 2. The normalized spacial score (nSPS) is 17.1. The first-order valence-corrected chi connectivity index (χ1v) is 19.7. The van der Waals surface area contributed by atoms with Crippen molar-refractivity contribution in [1.29, 1.82) is 0 Å². The number of rotatable bonds is 15. The number of aromatic nitrogens is 2. The predicted molar refractivity (Wildman–Crippen MR) is 210 cm³/mol. The van der Waals surface area contributed by atoms with Crippen molar-refractivity contribution in [2.45, 2.75) is 83.0 Å². The molecule has 0 fully saturated rings. The molecular weight excluding hydrogens is 822 g/mol. The number of cyclic esters (lactones) is 1. The summed E-state index contributed by atoms with van der Waals surface area (Å²) < 4.78 is 70.3. The molecule has 2 aromatic carbocycles. The van der Waals surface area contributed by atoms with Gasteiger partial charge >= 0.3 is 12.1 Å². The molecule has 0 saturated heterocycles. The number of amides is 5. The number of aryl methyl sites for hydroxylation is 1. The molecule has 0 spiro atoms. The van der Waals surface area contributed by atoms with E-state index in [2.05, 4.69) is 26.6 Å². The van der Waals surface area contributed by atoms with Crippen molar-refractivity contribution in [3.63, 3.8) is 0 Å². The van der Waals surface area contributed by atoms with Gasteiger partial charge in [0.2, 0.25) is 30.2 Å². The molecule has 4 aromatic rings. The zero-order valence-corrected chi connectivity index (χ0v) is 33.4. The number of carbonyl (C=O) groups excluding carboxylic acids is 6. The second-order valence-electron chi connectivity index (χ2n) is 15.1. The van der Waals surface area contributed by atoms with Gasteiger partial charge in [0, 0.05) is 23.4 Å². The molecule has 2 aromatic heterocycles. The molecule has 4 atom stereocenters. The lowest BCUT2D eigenvalue weighted by Crippen LogP contribution is -2.52. The fraction of sp³-hybridized carbons (Fsp3) is 0.381. The first kappa shape index (κ1) is 43.4. The number of fused-ring (bicyclic) bond motifs is 5. The maximum Gasteiger partial charge on any atom is 0.423 e. The monoisotopic (exact) mass is 863 g/mol. The van der Waals surface area contributed by atoms with Crippen LogP contribution in [-0.2, 0) is 64.2 Å². The van der Waals surface area contributed by atoms with E-state index in [1.54, 1.807) is 50.2 Å². The predicted octanol–water partition coefficient (Wildman–Crippen LogP) is 2.14. The Morgan fingerprint density at radius 3 is 2.48 bits per heavy atom. The molecule has 0 saturated carbocycles. The van der Waals surface area contributed by atoms with Crippen molar-refractivity contribution >= 4 is 46.9 Å². The molecule has 2 aliphatic heterocycles. The van der Waals surface area contributed by atoms with Crippen LogP contribution in [0.4, 0.5) is 17.6 Å². The van der Waals surface area contributed by atoms with E-state index in [4.69, 9.17) is 14.5 Å². The van der Waals surface area contributed by atoms with Crippen LogP contribution in [0.5, 0.6) is 0 Å². The van der Waals surface area contributed by atoms with Crippen LogP contribution in [0.25, 0.3) is 22.3 Å². The molecule has 4 unspecified atom stereocenters. The molecule has 5 amide bonds. The van der Waals surface area contributed by atoms with E-state index in [-0.39, 0.29) is 43.6 Å². The van der Waals surface area contributed by atoms with Crippen LogP contribution in [0.15, 0.2) is 47.3 Å². The van der Waals surface area contributed by atoms with Crippen LogP contribution in [0, 0.1) is 12.7 Å². The molecule has 326 valence electrons. The van der Waals surface area contributed by atoms with Gasteiger partial charge in [0.1, 0.15) is 25.2 Å². The Hall–Kier alpha value is -6.70. The van der Waals surface area contributed by atoms with Crippen LogP contribution in [0.1, 0.15) is 70.7 Å². The summed E-state index contributed by atoms with van der Waals surface area (Å²) in [7, 11) is 0. The Morgan fingerprint density at radius 1 is 1.02 bits per heavy atom. The minimum atomic E-state index is -5.26. The minimum Gasteiger partial charge on any atom is -0.460 e. The molecule has 16 nitrogen and oxygen atoms in total. The third-order valence-electron chi connectivity index (χ3n) is 11.3. The Labute approximate surface area is 350 Å². The second-order valence-corrected chi connectivity index (χ2v) is 15.1. The number of hydrogen-bond donors (Lipinski definition) is 5. The maximum absolute atomic E-state index is 15.3. The number of ether oxygens (including phenoxy) is 2. The van der Waals surface area contributed by atoms with Gasteiger partial charge in [-0.3, -0.25) is 33.6 Å². The van der Waals surface area contributed by atoms with Crippen LogP contribution >= 0.6 is 0 Å². The van der Waals surface area contributed by atoms with E-state index in [0.29, 0.717) is 62.9 Å². The van der Waals surface area contributed by atoms with Crippen molar-refractivity contribution in [2.24, 2.45) is 0 Å². The molecule has 7 rings (SSSR count). The Morgan fingerprint density at radius 2 is 1.77 bits per heavy atom. The van der Waals surface area contributed by atoms with Gasteiger partial charge in [-0.2, -0.15) is 13.2 Å². The largest absolute Gasteiger partial charge is 0.460 e. The first-order chi connectivity index (χ1) is 29.6. The van der Waals surface area contributed by atoms with Crippen LogP contribution in [0.3, 0.4) is 0 Å². The summed E-state index contributed by atoms with van der Waals surface area (Å²) in [5.74, 6) is -5.82. The fourth-order valence-corrected chi connectivity index (χ4v) is 8.28. The van der Waals surface area contributed by atoms with Crippen molar-refractivity contribution in [1.82, 2.24) is 36.1 Å². The van der Waals surface area contributed by atoms with E-state index < -0.39 is 91.1 Å². The van der Waals surface area contributed by atoms with Crippen molar-refractivity contribution in [2.75, 3.05) is 19.8 Å². The summed E-state index contributed by atoms with van der Waals surface area (Å²) in [4.78, 5) is 93.3. The average molecular weight is 864 g/mol. The molecule has 5 N–H and O–H groups in total. The molecule has 3 aliphatic rings. The number of alkyl halides is 3. The Kier molecular flexibility index (Phi) is 12.4. The number of carbonyl (C=O) groups is 6. The fourth-order valence-electron chi connectivity index (χ4n) is 8.28. The van der Waals surface area contributed by atoms with Crippen LogP contribution in [0.2, 0.25) is 0 Å². The van der Waals surface area contributed by atoms with Crippen LogP contribution < -0.4 is 32.1 Å². The standard InChI is InChI=1S/C42H41F4N7O9/c1-3-22-24-12-31-36-25(16-53(31)40(59)26(24)17-61-41(22)60)35-28(10-9-23-20(2)27(43)13-29(51-36)34(23)35)52-39(58)37(42(44,45)46)62-19-49-32(55)15-48-38(57)30(50-33(56)14-47-18-54)11-21-7-5-4-6-8-21/h4-8,12-13,18,22,28,30,37H,3,9-11,14-17,19H2,1-2H3,(H,47,54)(H,48,57)(H,49,55)(H,50,56)(H,52,58). The van der Waals surface area contributed by atoms with Crippen molar-refractivity contribution in [3.05, 3.63) is 97.6 Å². The smallest absolute Gasteiger partial charge is 0.423 e. The van der Waals surface area contributed by atoms with Gasteiger partial charge < -0.3 is 40.6 Å². The highest BCUT2D eigenvalue weighted by molar-refractivity contribution is 5.94. The van der Waals surface area contributed by atoms with Gasteiger partial charge in [-0.25, -0.2) is 9.37 Å². The Bertz CT molecular complexity index is 2550. The van der Waals surface area contributed by atoms with Crippen molar-refractivity contribution in [3.8, 4) is 11.4 Å². The van der Waals surface area contributed by atoms with Gasteiger partial charge in [0.05, 0.1) is 54.1 Å². The average Bonchev–Trinajstić information content (AvgIpc) is 3.61. The summed E-state index contributed by atoms with van der Waals surface area (Å²) in [6.45, 7) is 0.783. The van der Waals surface area contributed by atoms with E-state index in [0.717, 1.165) is 0 Å². The lowest BCUT2D eigenvalue weighted by Gasteiger charge is -2.31. The van der Waals surface area contributed by atoms with Gasteiger partial charge in [-0.05, 0) is 60.1 Å². The zero-order valence-electron chi connectivity index (χ0n) is 33.4. The summed E-state index contributed by atoms with van der Waals surface area (Å²) in [6.07, 6.45) is -7.45. The number of hydrogen-bond acceptors (Lipinski definition) is 10. The number of halogens is 4. The maximum atomic E-state index is 15.3. The third kappa shape index (κ3) is 8.59. The second kappa shape index (κ2) is 17.7. The minimum absolute atomic E-state index is 0.00772. The number of nitrogens with one attached hydrogen (secondary N) is 5. The number of benzene rings is 2. The summed E-state index contributed by atoms with van der Waals surface area (Å²) in [5.41, 5.74) is 3.43. The lowest BCUT2D eigenvalue weighted by molar-refractivity contribution is -0.220. The SMILES string of the molecule is CCC1C(=O)OCc2c1cc1n(c2=O)Cc2c-1nc1cc(F)c(C)c3c1c2C(NC(=O)C(OCNC(=O)CNC(=O)C(Cc1ccccc1)NC(=O)CNC=O)C(F)(F)F)CC3. The van der Waals surface area contributed by atoms with Crippen molar-refractivity contribution < 1.29 is 55.8 Å². The molecule has 0 bridgehead atoms. The number of esters is 1. The van der Waals surface area contributed by atoms with E-state index in [1.807, 2.05) is 0 Å². The summed E-state index contributed by atoms with van der Waals surface area (Å²) in [5, 5.41) is 11.9. The molecule has 20 heteroatoms. The van der Waals surface area contributed by atoms with Gasteiger partial charge in [-0.15, -0.1) is 0 Å². The lowest BCUT2D eigenvalue weighted by atomic mass is 9.81. The molecule has 1 aliphatic carbocycles. The van der Waals surface area contributed by atoms with E-state index in [1.165, 1.54) is 10.6 Å². The van der Waals surface area contributed by atoms with E-state index in [9.17, 15) is 46.7 Å². The summed E-state index contributed by atoms with van der Waals surface area (Å²) in [6, 6.07) is 9.16. The van der Waals surface area contributed by atoms with Crippen LogP contribution in [-0.4, -0.2) is 83.7 Å². The first-order valence-electron chi connectivity index (χ1n) is 19.7. The third-order valence-corrected chi connectivity index (χ3v) is 11.3. The highest BCUT2D eigenvalue weighted by Gasteiger charge is 2.47. The highest BCUT2D eigenvalue weighted by atomic mass is 19.4. The molecule has 62 heavy (non-hydrogen) atoms. The van der Waals surface area contributed by atoms with Gasteiger partial charge in [0.25, 0.3) is 11.5 Å². The zero-order chi connectivity index (χ0) is 44.5. The highest BCUT2D eigenvalue weighted by Crippen LogP contribution is 2.45. The van der Waals surface area contributed by atoms with Gasteiger partial charge in [0.15, 0.2) is 0 Å². The Balaban J connectivity index is 1.07. The molecular formula is C42H41F4N7O9. The summed E-state index contributed by atoms with van der Waals surface area (Å²) >= 11 is 0. The number of pyridine rings is 2.